The Morgan fingerprint density at radius 2 is 1.87 bits per heavy atom. The standard InChI is InChI=1S/C33H52N8O4/c1-4-28-27(31(38-25-14-19-45-20-15-25)26(21-34)32(39-28)35-5-2)23-37-33(44)24-12-13-29(36-22-24)40-30(43)11-9-7-6-8-10-16-41(3)17-18-42/h12-13,21-22,25,34,42H,4-11,14-20,23H2,1-3H3,(H,37,44)(H2,35,38,39)(H,36,40,43). The number of carbonyl (C=O) groups is 2. The highest BCUT2D eigenvalue weighted by Gasteiger charge is 2.22. The second kappa shape index (κ2) is 19.7. The van der Waals surface area contributed by atoms with Crippen LogP contribution < -0.4 is 21.3 Å². The number of hydrogen-bond acceptors (Lipinski definition) is 10. The molecule has 6 N–H and O–H groups in total. The quantitative estimate of drug-likeness (QED) is 0.0936. The molecule has 3 rings (SSSR count). The van der Waals surface area contributed by atoms with Crippen molar-refractivity contribution in [3.63, 3.8) is 0 Å². The van der Waals surface area contributed by atoms with E-state index in [0.29, 0.717) is 61.9 Å². The van der Waals surface area contributed by atoms with E-state index in [1.54, 1.807) is 12.1 Å². The molecule has 0 spiro atoms. The third kappa shape index (κ3) is 11.7. The molecule has 2 aromatic heterocycles. The highest BCUT2D eigenvalue weighted by Crippen LogP contribution is 2.31. The van der Waals surface area contributed by atoms with E-state index in [-0.39, 0.29) is 31.0 Å². The Hall–Kier alpha value is -3.61. The number of ether oxygens (including phenoxy) is 1. The highest BCUT2D eigenvalue weighted by molar-refractivity contribution is 5.96. The third-order valence-corrected chi connectivity index (χ3v) is 7.96. The van der Waals surface area contributed by atoms with Gasteiger partial charge >= 0.3 is 0 Å². The molecule has 12 nitrogen and oxygen atoms in total. The number of unbranched alkanes of at least 4 members (excludes halogenated alkanes) is 4. The molecule has 0 radical (unpaired) electrons. The number of likely N-dealkylation sites (N-methyl/N-ethyl adjacent to an activating group) is 1. The van der Waals surface area contributed by atoms with Crippen LogP contribution in [0, 0.1) is 5.41 Å². The minimum absolute atomic E-state index is 0.0884. The van der Waals surface area contributed by atoms with Crippen LogP contribution >= 0.6 is 0 Å². The van der Waals surface area contributed by atoms with Crippen molar-refractivity contribution in [2.75, 3.05) is 62.5 Å². The Bertz CT molecular complexity index is 1220. The summed E-state index contributed by atoms with van der Waals surface area (Å²) in [7, 11) is 2.01. The number of aliphatic hydroxyl groups is 1. The van der Waals surface area contributed by atoms with Gasteiger partial charge in [0.25, 0.3) is 5.91 Å². The maximum Gasteiger partial charge on any atom is 0.253 e. The molecule has 45 heavy (non-hydrogen) atoms. The van der Waals surface area contributed by atoms with Gasteiger partial charge < -0.3 is 41.4 Å². The average molecular weight is 625 g/mol. The zero-order chi connectivity index (χ0) is 32.4. The Kier molecular flexibility index (Phi) is 15.7. The van der Waals surface area contributed by atoms with E-state index in [9.17, 15) is 9.59 Å². The van der Waals surface area contributed by atoms with Crippen LogP contribution in [0.4, 0.5) is 17.3 Å². The summed E-state index contributed by atoms with van der Waals surface area (Å²) in [5.74, 6) is 0.705. The Balaban J connectivity index is 1.55. The van der Waals surface area contributed by atoms with Crippen molar-refractivity contribution in [3.8, 4) is 0 Å². The van der Waals surface area contributed by atoms with E-state index in [2.05, 4.69) is 31.2 Å². The summed E-state index contributed by atoms with van der Waals surface area (Å²) in [5.41, 5.74) is 3.60. The van der Waals surface area contributed by atoms with Gasteiger partial charge in [-0.15, -0.1) is 0 Å². The van der Waals surface area contributed by atoms with Crippen LogP contribution in [0.25, 0.3) is 0 Å². The predicted molar refractivity (Wildman–Crippen MR) is 179 cm³/mol. The van der Waals surface area contributed by atoms with Crippen LogP contribution in [-0.2, 0) is 22.5 Å². The summed E-state index contributed by atoms with van der Waals surface area (Å²) in [4.78, 5) is 36.7. The van der Waals surface area contributed by atoms with Gasteiger partial charge in [0, 0.05) is 69.0 Å². The first-order valence-corrected chi connectivity index (χ1v) is 16.4. The van der Waals surface area contributed by atoms with Gasteiger partial charge in [0.05, 0.1) is 23.4 Å². The van der Waals surface area contributed by atoms with Crippen molar-refractivity contribution in [2.45, 2.75) is 84.2 Å². The van der Waals surface area contributed by atoms with Gasteiger partial charge in [0.15, 0.2) is 0 Å². The van der Waals surface area contributed by atoms with E-state index in [1.165, 1.54) is 12.4 Å². The Morgan fingerprint density at radius 3 is 2.53 bits per heavy atom. The molecule has 2 aromatic rings. The van der Waals surface area contributed by atoms with E-state index in [4.69, 9.17) is 20.2 Å². The maximum atomic E-state index is 13.1. The zero-order valence-corrected chi connectivity index (χ0v) is 27.2. The van der Waals surface area contributed by atoms with Crippen molar-refractivity contribution in [3.05, 3.63) is 40.7 Å². The molecule has 0 atom stereocenters. The van der Waals surface area contributed by atoms with Crippen molar-refractivity contribution in [2.24, 2.45) is 0 Å². The number of nitrogens with zero attached hydrogens (tertiary/aromatic N) is 3. The minimum atomic E-state index is -0.283. The summed E-state index contributed by atoms with van der Waals surface area (Å²) in [6.45, 7) is 8.18. The van der Waals surface area contributed by atoms with E-state index in [0.717, 1.165) is 68.4 Å². The van der Waals surface area contributed by atoms with Crippen LogP contribution in [0.5, 0.6) is 0 Å². The zero-order valence-electron chi connectivity index (χ0n) is 27.2. The summed E-state index contributed by atoms with van der Waals surface area (Å²) in [6.07, 6.45) is 10.7. The lowest BCUT2D eigenvalue weighted by Crippen LogP contribution is -2.31. The molecule has 1 fully saturated rings. The first-order valence-electron chi connectivity index (χ1n) is 16.4. The number of carbonyl (C=O) groups excluding carboxylic acids is 2. The van der Waals surface area contributed by atoms with E-state index in [1.807, 2.05) is 20.9 Å². The monoisotopic (exact) mass is 624 g/mol. The summed E-state index contributed by atoms with van der Waals surface area (Å²) < 4.78 is 5.53. The molecule has 12 heteroatoms. The van der Waals surface area contributed by atoms with Crippen LogP contribution in [0.2, 0.25) is 0 Å². The Labute approximate surface area is 267 Å². The maximum absolute atomic E-state index is 13.1. The number of pyridine rings is 2. The van der Waals surface area contributed by atoms with Crippen molar-refractivity contribution < 1.29 is 19.4 Å². The van der Waals surface area contributed by atoms with Crippen LogP contribution in [0.15, 0.2) is 18.3 Å². The number of rotatable bonds is 20. The molecule has 0 aromatic carbocycles. The van der Waals surface area contributed by atoms with Crippen molar-refractivity contribution in [1.29, 1.82) is 5.41 Å². The molecular formula is C33H52N8O4. The molecule has 2 amide bonds. The van der Waals surface area contributed by atoms with Gasteiger partial charge in [-0.1, -0.05) is 26.2 Å². The molecule has 1 saturated heterocycles. The van der Waals surface area contributed by atoms with Gasteiger partial charge in [-0.3, -0.25) is 9.59 Å². The van der Waals surface area contributed by atoms with Crippen LogP contribution in [-0.4, -0.2) is 90.5 Å². The van der Waals surface area contributed by atoms with Gasteiger partial charge in [-0.25, -0.2) is 9.97 Å². The number of aromatic nitrogens is 2. The molecule has 0 saturated carbocycles. The molecule has 0 unspecified atom stereocenters. The topological polar surface area (TPSA) is 165 Å². The number of anilines is 3. The predicted octanol–water partition coefficient (Wildman–Crippen LogP) is 4.19. The molecular weight excluding hydrogens is 572 g/mol. The number of nitrogens with one attached hydrogen (secondary N) is 5. The van der Waals surface area contributed by atoms with Crippen molar-refractivity contribution in [1.82, 2.24) is 20.2 Å². The molecule has 0 bridgehead atoms. The molecule has 1 aliphatic heterocycles. The number of aryl methyl sites for hydroxylation is 1. The minimum Gasteiger partial charge on any atom is -0.395 e. The van der Waals surface area contributed by atoms with Crippen molar-refractivity contribution >= 4 is 35.4 Å². The molecule has 3 heterocycles. The molecule has 0 aliphatic carbocycles. The summed E-state index contributed by atoms with van der Waals surface area (Å²) in [6, 6.07) is 3.50. The first-order chi connectivity index (χ1) is 21.9. The third-order valence-electron chi connectivity index (χ3n) is 7.96. The normalized spacial score (nSPS) is 13.4. The van der Waals surface area contributed by atoms with Crippen LogP contribution in [0.1, 0.15) is 92.4 Å². The van der Waals surface area contributed by atoms with Gasteiger partial charge in [-0.2, -0.15) is 0 Å². The largest absolute Gasteiger partial charge is 0.395 e. The number of amides is 2. The number of hydrogen-bond donors (Lipinski definition) is 6. The van der Waals surface area contributed by atoms with E-state index >= 15 is 0 Å². The lowest BCUT2D eigenvalue weighted by Gasteiger charge is -2.28. The molecule has 1 aliphatic rings. The van der Waals surface area contributed by atoms with Gasteiger partial charge in [0.1, 0.15) is 11.6 Å². The van der Waals surface area contributed by atoms with Crippen LogP contribution in [0.3, 0.4) is 0 Å². The second-order valence-electron chi connectivity index (χ2n) is 11.4. The SMILES string of the molecule is CCNc1nc(CC)c(CNC(=O)c2ccc(NC(=O)CCCCCCCN(C)CCO)nc2)c(NC2CCOCC2)c1C=N. The van der Waals surface area contributed by atoms with E-state index < -0.39 is 0 Å². The summed E-state index contributed by atoms with van der Waals surface area (Å²) in [5, 5.41) is 29.9. The fraction of sp³-hybridized carbons (Fsp3) is 0.606. The first kappa shape index (κ1) is 35.9. The van der Waals surface area contributed by atoms with Gasteiger partial charge in [-0.05, 0) is 64.8 Å². The fourth-order valence-electron chi connectivity index (χ4n) is 5.38. The second-order valence-corrected chi connectivity index (χ2v) is 11.4. The summed E-state index contributed by atoms with van der Waals surface area (Å²) >= 11 is 0. The molecule has 248 valence electrons. The lowest BCUT2D eigenvalue weighted by atomic mass is 10.0. The highest BCUT2D eigenvalue weighted by atomic mass is 16.5. The average Bonchev–Trinajstić information content (AvgIpc) is 3.04. The lowest BCUT2D eigenvalue weighted by molar-refractivity contribution is -0.116. The van der Waals surface area contributed by atoms with Gasteiger partial charge in [0.2, 0.25) is 5.91 Å². The fourth-order valence-corrected chi connectivity index (χ4v) is 5.38. The Morgan fingerprint density at radius 1 is 1.11 bits per heavy atom. The smallest absolute Gasteiger partial charge is 0.253 e. The number of aliphatic hydroxyl groups excluding tert-OH is 1.